The molecule has 3 heterocycles. The molecule has 152 valence electrons. The summed E-state index contributed by atoms with van der Waals surface area (Å²) in [5.41, 5.74) is 1.33. The summed E-state index contributed by atoms with van der Waals surface area (Å²) in [6.45, 7) is 2.73. The van der Waals surface area contributed by atoms with Crippen molar-refractivity contribution in [1.82, 2.24) is 19.4 Å². The summed E-state index contributed by atoms with van der Waals surface area (Å²) >= 11 is 5.29. The number of pyridine rings is 1. The zero-order chi connectivity index (χ0) is 21.0. The Labute approximate surface area is 170 Å². The largest absolute Gasteiger partial charge is 0.417 e. The number of carbonyl (C=O) groups excluding carboxylic acids is 1. The van der Waals surface area contributed by atoms with Crippen molar-refractivity contribution in [1.29, 1.82) is 0 Å². The fourth-order valence-electron chi connectivity index (χ4n) is 3.10. The van der Waals surface area contributed by atoms with Gasteiger partial charge in [-0.3, -0.25) is 9.36 Å². The second-order valence-electron chi connectivity index (χ2n) is 6.38. The number of rotatable bonds is 2. The van der Waals surface area contributed by atoms with Gasteiger partial charge in [0.15, 0.2) is 0 Å². The Kier molecular flexibility index (Phi) is 6.22. The zero-order valence-corrected chi connectivity index (χ0v) is 16.2. The summed E-state index contributed by atoms with van der Waals surface area (Å²) in [6.07, 6.45) is 0.921. The standard InChI is InChI=1S/C13H14N4O.C7H4ClF3/c1-10-13-11(5-7-16(10)9-18)17(8-15-13)12-4-2-3-6-14-12;8-6-4-2-1-3-5(6)7(9,10)11/h2-4,6,8-10H,5,7H2,1H3;1-4H. The Hall–Kier alpha value is -2.87. The lowest BCUT2D eigenvalue weighted by Gasteiger charge is -2.29. The van der Waals surface area contributed by atoms with Gasteiger partial charge in [0.1, 0.15) is 12.1 Å². The molecule has 1 aromatic carbocycles. The molecule has 1 aliphatic heterocycles. The van der Waals surface area contributed by atoms with Crippen molar-refractivity contribution in [2.75, 3.05) is 6.54 Å². The van der Waals surface area contributed by atoms with Crippen LogP contribution in [-0.2, 0) is 17.4 Å². The molecule has 3 aromatic rings. The molecule has 4 rings (SSSR count). The van der Waals surface area contributed by atoms with E-state index >= 15 is 0 Å². The summed E-state index contributed by atoms with van der Waals surface area (Å²) in [5, 5.41) is -0.264. The minimum atomic E-state index is -4.35. The lowest BCUT2D eigenvalue weighted by atomic mass is 10.1. The predicted octanol–water partition coefficient (Wildman–Crippen LogP) is 4.70. The first-order valence-corrected chi connectivity index (χ1v) is 9.21. The molecule has 2 aromatic heterocycles. The molecule has 0 N–H and O–H groups in total. The van der Waals surface area contributed by atoms with Gasteiger partial charge in [-0.15, -0.1) is 0 Å². The van der Waals surface area contributed by atoms with Gasteiger partial charge in [-0.05, 0) is 31.2 Å². The number of fused-ring (bicyclic) bond motifs is 1. The fraction of sp³-hybridized carbons (Fsp3) is 0.250. The lowest BCUT2D eigenvalue weighted by Crippen LogP contribution is -2.33. The number of alkyl halides is 3. The Morgan fingerprint density at radius 2 is 1.86 bits per heavy atom. The van der Waals surface area contributed by atoms with E-state index in [0.717, 1.165) is 42.6 Å². The molecule has 1 unspecified atom stereocenters. The van der Waals surface area contributed by atoms with Gasteiger partial charge in [0.05, 0.1) is 28.0 Å². The SMILES string of the molecule is CC1c2ncn(-c3ccccn3)c2CCN1C=O.FC(F)(F)c1ccccc1Cl. The Morgan fingerprint density at radius 1 is 1.14 bits per heavy atom. The Balaban J connectivity index is 0.000000188. The van der Waals surface area contributed by atoms with Crippen molar-refractivity contribution in [2.24, 2.45) is 0 Å². The van der Waals surface area contributed by atoms with Crippen molar-refractivity contribution in [2.45, 2.75) is 25.6 Å². The van der Waals surface area contributed by atoms with Gasteiger partial charge in [-0.1, -0.05) is 29.8 Å². The summed E-state index contributed by atoms with van der Waals surface area (Å²) in [5.74, 6) is 0.873. The van der Waals surface area contributed by atoms with Crippen LogP contribution in [0.4, 0.5) is 13.2 Å². The Morgan fingerprint density at radius 3 is 2.45 bits per heavy atom. The molecular weight excluding hydrogens is 405 g/mol. The molecule has 1 atom stereocenters. The average molecular weight is 423 g/mol. The molecule has 0 fully saturated rings. The van der Waals surface area contributed by atoms with E-state index in [1.807, 2.05) is 29.7 Å². The van der Waals surface area contributed by atoms with E-state index in [-0.39, 0.29) is 11.1 Å². The van der Waals surface area contributed by atoms with Crippen molar-refractivity contribution in [3.05, 3.63) is 77.0 Å². The topological polar surface area (TPSA) is 51.0 Å². The van der Waals surface area contributed by atoms with Crippen LogP contribution in [0.25, 0.3) is 5.82 Å². The highest BCUT2D eigenvalue weighted by Crippen LogP contribution is 2.34. The maximum atomic E-state index is 12.0. The maximum absolute atomic E-state index is 12.0. The van der Waals surface area contributed by atoms with Crippen molar-refractivity contribution in [3.8, 4) is 5.82 Å². The molecule has 5 nitrogen and oxygen atoms in total. The van der Waals surface area contributed by atoms with Gasteiger partial charge in [0, 0.05) is 19.2 Å². The van der Waals surface area contributed by atoms with E-state index in [1.54, 1.807) is 17.4 Å². The quantitative estimate of drug-likeness (QED) is 0.562. The first-order chi connectivity index (χ1) is 13.8. The Bertz CT molecular complexity index is 975. The first-order valence-electron chi connectivity index (χ1n) is 8.83. The molecule has 0 saturated heterocycles. The number of carbonyl (C=O) groups is 1. The van der Waals surface area contributed by atoms with E-state index in [9.17, 15) is 18.0 Å². The predicted molar refractivity (Wildman–Crippen MR) is 103 cm³/mol. The van der Waals surface area contributed by atoms with Crippen molar-refractivity contribution in [3.63, 3.8) is 0 Å². The van der Waals surface area contributed by atoms with Crippen LogP contribution in [0.1, 0.15) is 29.9 Å². The molecule has 9 heteroatoms. The summed E-state index contributed by atoms with van der Waals surface area (Å²) in [4.78, 5) is 21.5. The van der Waals surface area contributed by atoms with Gasteiger partial charge in [0.25, 0.3) is 0 Å². The fourth-order valence-corrected chi connectivity index (χ4v) is 3.34. The van der Waals surface area contributed by atoms with Gasteiger partial charge >= 0.3 is 6.18 Å². The molecule has 0 spiro atoms. The van der Waals surface area contributed by atoms with Crippen LogP contribution in [0, 0.1) is 0 Å². The van der Waals surface area contributed by atoms with Gasteiger partial charge in [-0.25, -0.2) is 9.97 Å². The minimum absolute atomic E-state index is 0.0382. The molecule has 0 radical (unpaired) electrons. The molecule has 0 aliphatic carbocycles. The van der Waals surface area contributed by atoms with Crippen LogP contribution in [0.2, 0.25) is 5.02 Å². The highest BCUT2D eigenvalue weighted by molar-refractivity contribution is 6.31. The smallest absolute Gasteiger partial charge is 0.336 e. The number of hydrogen-bond donors (Lipinski definition) is 0. The first kappa shape index (κ1) is 20.9. The third-order valence-corrected chi connectivity index (χ3v) is 4.94. The van der Waals surface area contributed by atoms with Gasteiger partial charge in [0.2, 0.25) is 6.41 Å². The molecule has 29 heavy (non-hydrogen) atoms. The summed E-state index contributed by atoms with van der Waals surface area (Å²) in [6, 6.07) is 10.8. The van der Waals surface area contributed by atoms with Crippen LogP contribution >= 0.6 is 11.6 Å². The molecule has 1 aliphatic rings. The highest BCUT2D eigenvalue weighted by Gasteiger charge is 2.32. The monoisotopic (exact) mass is 422 g/mol. The van der Waals surface area contributed by atoms with Crippen LogP contribution in [0.15, 0.2) is 55.0 Å². The molecule has 0 bridgehead atoms. The zero-order valence-electron chi connectivity index (χ0n) is 15.5. The second kappa shape index (κ2) is 8.65. The lowest BCUT2D eigenvalue weighted by molar-refractivity contribution is -0.137. The third kappa shape index (κ3) is 4.59. The van der Waals surface area contributed by atoms with Crippen molar-refractivity contribution < 1.29 is 18.0 Å². The van der Waals surface area contributed by atoms with E-state index in [2.05, 4.69) is 9.97 Å². The van der Waals surface area contributed by atoms with Crippen molar-refractivity contribution >= 4 is 18.0 Å². The van der Waals surface area contributed by atoms with E-state index in [1.165, 1.54) is 18.2 Å². The number of nitrogens with zero attached hydrogens (tertiary/aromatic N) is 4. The number of imidazole rings is 1. The number of halogens is 4. The average Bonchev–Trinajstić information content (AvgIpc) is 3.14. The highest BCUT2D eigenvalue weighted by atomic mass is 35.5. The van der Waals surface area contributed by atoms with Crippen LogP contribution in [0.5, 0.6) is 0 Å². The minimum Gasteiger partial charge on any atom is -0.336 e. The van der Waals surface area contributed by atoms with Gasteiger partial charge in [-0.2, -0.15) is 13.2 Å². The molecule has 0 saturated carbocycles. The van der Waals surface area contributed by atoms with E-state index < -0.39 is 11.7 Å². The second-order valence-corrected chi connectivity index (χ2v) is 6.79. The normalized spacial score (nSPS) is 15.9. The molecular formula is C20H18ClF3N4O. The number of benzene rings is 1. The van der Waals surface area contributed by atoms with Crippen LogP contribution in [-0.4, -0.2) is 32.4 Å². The summed E-state index contributed by atoms with van der Waals surface area (Å²) in [7, 11) is 0. The number of amides is 1. The third-order valence-electron chi connectivity index (χ3n) is 4.61. The van der Waals surface area contributed by atoms with E-state index in [0.29, 0.717) is 0 Å². The summed E-state index contributed by atoms with van der Waals surface area (Å²) < 4.78 is 37.9. The maximum Gasteiger partial charge on any atom is 0.417 e. The van der Waals surface area contributed by atoms with Gasteiger partial charge < -0.3 is 4.90 Å². The van der Waals surface area contributed by atoms with Crippen LogP contribution < -0.4 is 0 Å². The number of aromatic nitrogens is 3. The number of hydrogen-bond acceptors (Lipinski definition) is 3. The van der Waals surface area contributed by atoms with Crippen LogP contribution in [0.3, 0.4) is 0 Å². The molecule has 1 amide bonds. The van der Waals surface area contributed by atoms with E-state index in [4.69, 9.17) is 11.6 Å².